The summed E-state index contributed by atoms with van der Waals surface area (Å²) in [6.07, 6.45) is 7.33. The van der Waals surface area contributed by atoms with Crippen molar-refractivity contribution >= 4 is 11.9 Å². The van der Waals surface area contributed by atoms with Crippen LogP contribution in [0.25, 0.3) is 0 Å². The van der Waals surface area contributed by atoms with E-state index >= 15 is 0 Å². The van der Waals surface area contributed by atoms with Gasteiger partial charge in [0.2, 0.25) is 0 Å². The molecule has 0 amide bonds. The van der Waals surface area contributed by atoms with Gasteiger partial charge in [0, 0.05) is 24.4 Å². The lowest BCUT2D eigenvalue weighted by atomic mass is 10.2. The van der Waals surface area contributed by atoms with Gasteiger partial charge in [0.25, 0.3) is 0 Å². The molecule has 0 bridgehead atoms. The third-order valence-corrected chi connectivity index (χ3v) is 3.27. The lowest BCUT2D eigenvalue weighted by molar-refractivity contribution is -0.140. The Morgan fingerprint density at radius 3 is 1.23 bits per heavy atom. The van der Waals surface area contributed by atoms with E-state index in [9.17, 15) is 9.59 Å². The van der Waals surface area contributed by atoms with E-state index in [2.05, 4.69) is 13.2 Å². The molecule has 0 fully saturated rings. The highest BCUT2D eigenvalue weighted by Crippen LogP contribution is 2.03. The Labute approximate surface area is 157 Å². The van der Waals surface area contributed by atoms with Crippen molar-refractivity contribution < 1.29 is 29.3 Å². The highest BCUT2D eigenvalue weighted by molar-refractivity contribution is 5.87. The van der Waals surface area contributed by atoms with Crippen molar-refractivity contribution in [1.29, 1.82) is 0 Å². The second-order valence-electron chi connectivity index (χ2n) is 6.11. The summed E-state index contributed by atoms with van der Waals surface area (Å²) in [5.41, 5.74) is 0.836. The van der Waals surface area contributed by atoms with E-state index in [1.165, 1.54) is 0 Å². The Bertz CT molecular complexity index is 365. The van der Waals surface area contributed by atoms with Crippen LogP contribution >= 0.6 is 0 Å². The van der Waals surface area contributed by atoms with Gasteiger partial charge < -0.3 is 19.7 Å². The zero-order chi connectivity index (χ0) is 20.2. The fraction of sp³-hybridized carbons (Fsp3) is 0.700. The fourth-order valence-electron chi connectivity index (χ4n) is 1.71. The molecule has 0 saturated heterocycles. The molecule has 0 aliphatic carbocycles. The highest BCUT2D eigenvalue weighted by atomic mass is 16.5. The smallest absolute Gasteiger partial charge is 0.333 e. The van der Waals surface area contributed by atoms with Crippen molar-refractivity contribution in [2.75, 3.05) is 26.4 Å². The van der Waals surface area contributed by atoms with E-state index in [0.717, 1.165) is 51.4 Å². The molecule has 0 heterocycles. The Morgan fingerprint density at radius 2 is 0.962 bits per heavy atom. The van der Waals surface area contributed by atoms with E-state index in [-0.39, 0.29) is 25.2 Å². The van der Waals surface area contributed by atoms with Gasteiger partial charge in [-0.15, -0.1) is 0 Å². The van der Waals surface area contributed by atoms with Crippen LogP contribution in [0, 0.1) is 0 Å². The predicted octanol–water partition coefficient (Wildman–Crippen LogP) is 3.32. The van der Waals surface area contributed by atoms with Crippen LogP contribution in [-0.4, -0.2) is 48.6 Å². The Hall–Kier alpha value is -1.66. The standard InChI is InChI=1S/C14H22O4.C6H14O2/c1-11(2)13(15)17-9-7-5-6-8-10-18-14(16)12(3)4;7-5-3-1-2-4-6-8/h1,3,5-10H2,2,4H3;7-8H,1-6H2. The molecular formula is C20H36O6. The summed E-state index contributed by atoms with van der Waals surface area (Å²) >= 11 is 0. The maximum absolute atomic E-state index is 11.0. The van der Waals surface area contributed by atoms with Crippen LogP contribution in [0.4, 0.5) is 0 Å². The Balaban J connectivity index is 0. The maximum Gasteiger partial charge on any atom is 0.333 e. The minimum absolute atomic E-state index is 0.283. The number of ether oxygens (including phenoxy) is 2. The molecule has 0 aromatic heterocycles. The van der Waals surface area contributed by atoms with Crippen LogP contribution in [0.15, 0.2) is 24.3 Å². The molecule has 0 unspecified atom stereocenters. The van der Waals surface area contributed by atoms with E-state index < -0.39 is 0 Å². The molecule has 0 aromatic rings. The van der Waals surface area contributed by atoms with Gasteiger partial charge in [-0.2, -0.15) is 0 Å². The van der Waals surface area contributed by atoms with E-state index in [4.69, 9.17) is 19.7 Å². The molecule has 0 aliphatic heterocycles. The lowest BCUT2D eigenvalue weighted by Crippen LogP contribution is -2.07. The second kappa shape index (κ2) is 19.7. The van der Waals surface area contributed by atoms with E-state index in [0.29, 0.717) is 24.4 Å². The van der Waals surface area contributed by atoms with Gasteiger partial charge in [0.05, 0.1) is 13.2 Å². The number of hydrogen-bond donors (Lipinski definition) is 2. The molecule has 26 heavy (non-hydrogen) atoms. The van der Waals surface area contributed by atoms with Gasteiger partial charge in [-0.1, -0.05) is 26.0 Å². The maximum atomic E-state index is 11.0. The van der Waals surface area contributed by atoms with Crippen molar-refractivity contribution in [3.8, 4) is 0 Å². The van der Waals surface area contributed by atoms with Gasteiger partial charge in [-0.3, -0.25) is 0 Å². The van der Waals surface area contributed by atoms with Crippen molar-refractivity contribution in [3.63, 3.8) is 0 Å². The van der Waals surface area contributed by atoms with Gasteiger partial charge >= 0.3 is 11.9 Å². The first kappa shape index (κ1) is 26.6. The summed E-state index contributed by atoms with van der Waals surface area (Å²) in [5.74, 6) is -0.684. The quantitative estimate of drug-likeness (QED) is 0.276. The van der Waals surface area contributed by atoms with Crippen molar-refractivity contribution in [2.45, 2.75) is 65.2 Å². The molecule has 0 atom stereocenters. The molecule has 6 heteroatoms. The van der Waals surface area contributed by atoms with Gasteiger partial charge in [0.15, 0.2) is 0 Å². The third kappa shape index (κ3) is 20.4. The first-order chi connectivity index (χ1) is 12.4. The fourth-order valence-corrected chi connectivity index (χ4v) is 1.71. The number of esters is 2. The molecule has 0 aliphatic rings. The van der Waals surface area contributed by atoms with E-state index in [1.54, 1.807) is 13.8 Å². The highest BCUT2D eigenvalue weighted by Gasteiger charge is 2.03. The largest absolute Gasteiger partial charge is 0.462 e. The lowest BCUT2D eigenvalue weighted by Gasteiger charge is -2.05. The minimum atomic E-state index is -0.342. The summed E-state index contributed by atoms with van der Waals surface area (Å²) in [6, 6.07) is 0. The van der Waals surface area contributed by atoms with Crippen molar-refractivity contribution in [3.05, 3.63) is 24.3 Å². The third-order valence-electron chi connectivity index (χ3n) is 3.27. The number of rotatable bonds is 14. The van der Waals surface area contributed by atoms with Crippen molar-refractivity contribution in [1.82, 2.24) is 0 Å². The van der Waals surface area contributed by atoms with Crippen LogP contribution in [0.3, 0.4) is 0 Å². The minimum Gasteiger partial charge on any atom is -0.462 e. The average molecular weight is 373 g/mol. The summed E-state index contributed by atoms with van der Waals surface area (Å²) in [5, 5.41) is 16.6. The van der Waals surface area contributed by atoms with Gasteiger partial charge in [0.1, 0.15) is 0 Å². The summed E-state index contributed by atoms with van der Waals surface area (Å²) in [7, 11) is 0. The van der Waals surface area contributed by atoms with Crippen LogP contribution in [0.1, 0.15) is 65.2 Å². The Morgan fingerprint density at radius 1 is 0.654 bits per heavy atom. The monoisotopic (exact) mass is 372 g/mol. The zero-order valence-corrected chi connectivity index (χ0v) is 16.4. The predicted molar refractivity (Wildman–Crippen MR) is 103 cm³/mol. The Kier molecular flexibility index (Phi) is 20.1. The normalized spacial score (nSPS) is 9.69. The van der Waals surface area contributed by atoms with Crippen LogP contribution < -0.4 is 0 Å². The van der Waals surface area contributed by atoms with E-state index in [1.807, 2.05) is 0 Å². The SMILES string of the molecule is C=C(C)C(=O)OCCCCCCOC(=O)C(=C)C.OCCCCCCO. The molecule has 0 spiro atoms. The number of hydrogen-bond acceptors (Lipinski definition) is 6. The molecular weight excluding hydrogens is 336 g/mol. The number of carbonyl (C=O) groups excluding carboxylic acids is 2. The molecule has 152 valence electrons. The van der Waals surface area contributed by atoms with Crippen LogP contribution in [0.5, 0.6) is 0 Å². The topological polar surface area (TPSA) is 93.1 Å². The molecule has 0 aromatic carbocycles. The molecule has 0 rings (SSSR count). The molecule has 6 nitrogen and oxygen atoms in total. The average Bonchev–Trinajstić information content (AvgIpc) is 2.61. The van der Waals surface area contributed by atoms with Crippen LogP contribution in [-0.2, 0) is 19.1 Å². The summed E-state index contributed by atoms with van der Waals surface area (Å²) in [4.78, 5) is 22.1. The zero-order valence-electron chi connectivity index (χ0n) is 16.4. The van der Waals surface area contributed by atoms with Gasteiger partial charge in [-0.05, 0) is 52.4 Å². The summed E-state index contributed by atoms with van der Waals surface area (Å²) in [6.45, 7) is 11.6. The van der Waals surface area contributed by atoms with Crippen molar-refractivity contribution in [2.24, 2.45) is 0 Å². The summed E-state index contributed by atoms with van der Waals surface area (Å²) < 4.78 is 9.89. The molecule has 0 saturated carbocycles. The number of unbranched alkanes of at least 4 members (excludes halogenated alkanes) is 6. The van der Waals surface area contributed by atoms with Crippen LogP contribution in [0.2, 0.25) is 0 Å². The molecule has 0 radical (unpaired) electrons. The first-order valence-electron chi connectivity index (χ1n) is 9.23. The first-order valence-corrected chi connectivity index (χ1v) is 9.23. The van der Waals surface area contributed by atoms with Gasteiger partial charge in [-0.25, -0.2) is 9.59 Å². The number of carbonyl (C=O) groups is 2. The molecule has 2 N–H and O–H groups in total. The second-order valence-corrected chi connectivity index (χ2v) is 6.11. The number of aliphatic hydroxyl groups is 2. The number of aliphatic hydroxyl groups excluding tert-OH is 2.